The lowest BCUT2D eigenvalue weighted by atomic mass is 10.0. The number of hydrogen-bond acceptors (Lipinski definition) is 3. The Morgan fingerprint density at radius 1 is 1.25 bits per heavy atom. The van der Waals surface area contributed by atoms with E-state index in [1.165, 1.54) is 0 Å². The van der Waals surface area contributed by atoms with Crippen molar-refractivity contribution in [3.63, 3.8) is 0 Å². The predicted octanol–water partition coefficient (Wildman–Crippen LogP) is 0.757. The van der Waals surface area contributed by atoms with Gasteiger partial charge in [0, 0.05) is 25.4 Å². The Morgan fingerprint density at radius 2 is 1.95 bits per heavy atom. The lowest BCUT2D eigenvalue weighted by Gasteiger charge is -2.25. The van der Waals surface area contributed by atoms with Gasteiger partial charge in [0.1, 0.15) is 6.04 Å². The van der Waals surface area contributed by atoms with Crippen LogP contribution in [0, 0.1) is 5.92 Å². The lowest BCUT2D eigenvalue weighted by Crippen LogP contribution is -2.46. The molecule has 0 spiro atoms. The number of amides is 2. The van der Waals surface area contributed by atoms with Gasteiger partial charge in [-0.15, -0.1) is 0 Å². The van der Waals surface area contributed by atoms with Crippen molar-refractivity contribution in [1.29, 1.82) is 0 Å². The molecule has 6 nitrogen and oxygen atoms in total. The first kappa shape index (κ1) is 14.8. The number of carboxylic acid groups (broad SMARTS) is 1. The third kappa shape index (κ3) is 3.95. The van der Waals surface area contributed by atoms with Crippen LogP contribution in [0.4, 0.5) is 0 Å². The minimum absolute atomic E-state index is 0.0154. The maximum absolute atomic E-state index is 12.2. The topological polar surface area (TPSA) is 86.7 Å². The van der Waals surface area contributed by atoms with Gasteiger partial charge in [-0.25, -0.2) is 0 Å². The number of carbonyl (C=O) groups is 3. The van der Waals surface area contributed by atoms with Crippen LogP contribution in [0.25, 0.3) is 0 Å². The molecule has 1 aliphatic heterocycles. The van der Waals surface area contributed by atoms with Gasteiger partial charge in [-0.3, -0.25) is 14.4 Å². The Hall–Kier alpha value is -1.59. The Kier molecular flexibility index (Phi) is 4.62. The number of nitrogens with one attached hydrogen (secondary N) is 1. The zero-order valence-electron chi connectivity index (χ0n) is 11.8. The molecule has 2 atom stereocenters. The molecule has 2 rings (SSSR count). The highest BCUT2D eigenvalue weighted by Crippen LogP contribution is 2.23. The normalized spacial score (nSPS) is 23.4. The molecule has 1 aliphatic carbocycles. The fraction of sp³-hybridized carbons (Fsp3) is 0.786. The highest BCUT2D eigenvalue weighted by Gasteiger charge is 2.36. The quantitative estimate of drug-likeness (QED) is 0.753. The zero-order chi connectivity index (χ0) is 14.7. The van der Waals surface area contributed by atoms with Crippen LogP contribution < -0.4 is 5.32 Å². The number of hydrogen-bond donors (Lipinski definition) is 2. The van der Waals surface area contributed by atoms with Crippen LogP contribution in [0.3, 0.4) is 0 Å². The molecule has 2 amide bonds. The van der Waals surface area contributed by atoms with Crippen molar-refractivity contribution in [3.8, 4) is 0 Å². The van der Waals surface area contributed by atoms with Gasteiger partial charge in [0.15, 0.2) is 0 Å². The van der Waals surface area contributed by atoms with Crippen molar-refractivity contribution in [1.82, 2.24) is 10.2 Å². The standard InChI is InChI=1S/C14H22N2O4/c1-9(8-13(18)19)7-12(17)16-6-2-3-11(16)14(20)15-10-4-5-10/h9-11H,2-8H2,1H3,(H,15,20)(H,18,19). The molecule has 6 heteroatoms. The molecule has 0 aromatic heterocycles. The van der Waals surface area contributed by atoms with Crippen LogP contribution in [0.5, 0.6) is 0 Å². The summed E-state index contributed by atoms with van der Waals surface area (Å²) < 4.78 is 0. The van der Waals surface area contributed by atoms with Gasteiger partial charge in [-0.05, 0) is 31.6 Å². The number of rotatable bonds is 6. The molecule has 1 saturated heterocycles. The van der Waals surface area contributed by atoms with Gasteiger partial charge in [0.2, 0.25) is 11.8 Å². The first-order chi connectivity index (χ1) is 9.47. The van der Waals surface area contributed by atoms with E-state index in [9.17, 15) is 14.4 Å². The zero-order valence-corrected chi connectivity index (χ0v) is 11.8. The van der Waals surface area contributed by atoms with E-state index in [2.05, 4.69) is 5.32 Å². The van der Waals surface area contributed by atoms with Crippen molar-refractivity contribution in [2.24, 2.45) is 5.92 Å². The molecule has 0 bridgehead atoms. The molecule has 2 N–H and O–H groups in total. The fourth-order valence-electron chi connectivity index (χ4n) is 2.65. The largest absolute Gasteiger partial charge is 0.481 e. The fourth-order valence-corrected chi connectivity index (χ4v) is 2.65. The van der Waals surface area contributed by atoms with Crippen molar-refractivity contribution in [2.75, 3.05) is 6.54 Å². The monoisotopic (exact) mass is 282 g/mol. The number of carbonyl (C=O) groups excluding carboxylic acids is 2. The second-order valence-corrected chi connectivity index (χ2v) is 5.94. The molecule has 20 heavy (non-hydrogen) atoms. The Bertz CT molecular complexity index is 406. The van der Waals surface area contributed by atoms with Gasteiger partial charge < -0.3 is 15.3 Å². The number of likely N-dealkylation sites (tertiary alicyclic amines) is 1. The third-order valence-corrected chi connectivity index (χ3v) is 3.85. The molecule has 0 radical (unpaired) electrons. The second-order valence-electron chi connectivity index (χ2n) is 5.94. The van der Waals surface area contributed by atoms with Gasteiger partial charge >= 0.3 is 5.97 Å². The smallest absolute Gasteiger partial charge is 0.303 e. The van der Waals surface area contributed by atoms with Crippen molar-refractivity contribution < 1.29 is 19.5 Å². The van der Waals surface area contributed by atoms with Gasteiger partial charge in [-0.2, -0.15) is 0 Å². The SMILES string of the molecule is CC(CC(=O)O)CC(=O)N1CCCC1C(=O)NC1CC1. The van der Waals surface area contributed by atoms with E-state index in [-0.39, 0.29) is 36.6 Å². The average Bonchev–Trinajstić information content (AvgIpc) is 3.01. The van der Waals surface area contributed by atoms with Crippen molar-refractivity contribution in [2.45, 2.75) is 57.5 Å². The van der Waals surface area contributed by atoms with Crippen LogP contribution in [-0.2, 0) is 14.4 Å². The Labute approximate surface area is 118 Å². The number of nitrogens with zero attached hydrogens (tertiary/aromatic N) is 1. The summed E-state index contributed by atoms with van der Waals surface area (Å²) in [6.07, 6.45) is 3.78. The van der Waals surface area contributed by atoms with Gasteiger partial charge in [0.25, 0.3) is 0 Å². The van der Waals surface area contributed by atoms with E-state index in [4.69, 9.17) is 5.11 Å². The number of aliphatic carboxylic acids is 1. The molecule has 0 aromatic rings. The summed E-state index contributed by atoms with van der Waals surface area (Å²) in [6, 6.07) is -0.0638. The summed E-state index contributed by atoms with van der Waals surface area (Å²) in [5, 5.41) is 11.7. The summed E-state index contributed by atoms with van der Waals surface area (Å²) in [5.74, 6) is -1.25. The molecule has 1 heterocycles. The van der Waals surface area contributed by atoms with Gasteiger partial charge in [-0.1, -0.05) is 6.92 Å². The Balaban J connectivity index is 1.86. The summed E-state index contributed by atoms with van der Waals surface area (Å²) >= 11 is 0. The molecular formula is C14H22N2O4. The van der Waals surface area contributed by atoms with Crippen LogP contribution in [0.2, 0.25) is 0 Å². The summed E-state index contributed by atoms with van der Waals surface area (Å²) in [5.41, 5.74) is 0. The summed E-state index contributed by atoms with van der Waals surface area (Å²) in [6.45, 7) is 2.35. The summed E-state index contributed by atoms with van der Waals surface area (Å²) in [4.78, 5) is 36.5. The lowest BCUT2D eigenvalue weighted by molar-refractivity contribution is -0.141. The van der Waals surface area contributed by atoms with E-state index in [0.29, 0.717) is 19.0 Å². The minimum atomic E-state index is -0.894. The summed E-state index contributed by atoms with van der Waals surface area (Å²) in [7, 11) is 0. The maximum atomic E-state index is 12.2. The second kappa shape index (κ2) is 6.24. The Morgan fingerprint density at radius 3 is 2.55 bits per heavy atom. The highest BCUT2D eigenvalue weighted by molar-refractivity contribution is 5.88. The first-order valence-corrected chi connectivity index (χ1v) is 7.29. The van der Waals surface area contributed by atoms with E-state index >= 15 is 0 Å². The molecule has 112 valence electrons. The van der Waals surface area contributed by atoms with Crippen molar-refractivity contribution >= 4 is 17.8 Å². The minimum Gasteiger partial charge on any atom is -0.481 e. The molecular weight excluding hydrogens is 260 g/mol. The van der Waals surface area contributed by atoms with E-state index in [0.717, 1.165) is 19.3 Å². The third-order valence-electron chi connectivity index (χ3n) is 3.85. The van der Waals surface area contributed by atoms with E-state index in [1.807, 2.05) is 0 Å². The average molecular weight is 282 g/mol. The number of carboxylic acids is 1. The molecule has 2 unspecified atom stereocenters. The molecule has 0 aromatic carbocycles. The van der Waals surface area contributed by atoms with Crippen LogP contribution in [-0.4, -0.2) is 46.4 Å². The maximum Gasteiger partial charge on any atom is 0.303 e. The van der Waals surface area contributed by atoms with E-state index < -0.39 is 5.97 Å². The molecule has 2 fully saturated rings. The predicted molar refractivity (Wildman–Crippen MR) is 71.9 cm³/mol. The van der Waals surface area contributed by atoms with Crippen LogP contribution >= 0.6 is 0 Å². The molecule has 1 saturated carbocycles. The first-order valence-electron chi connectivity index (χ1n) is 7.29. The van der Waals surface area contributed by atoms with Crippen molar-refractivity contribution in [3.05, 3.63) is 0 Å². The van der Waals surface area contributed by atoms with Crippen LogP contribution in [0.1, 0.15) is 45.4 Å². The highest BCUT2D eigenvalue weighted by atomic mass is 16.4. The molecule has 2 aliphatic rings. The van der Waals surface area contributed by atoms with E-state index in [1.54, 1.807) is 11.8 Å². The van der Waals surface area contributed by atoms with Crippen LogP contribution in [0.15, 0.2) is 0 Å². The van der Waals surface area contributed by atoms with Gasteiger partial charge in [0.05, 0.1) is 0 Å².